The van der Waals surface area contributed by atoms with Crippen LogP contribution < -0.4 is 9.88 Å². The minimum Gasteiger partial charge on any atom is -0.487 e. The Morgan fingerprint density at radius 1 is 1.14 bits per heavy atom. The van der Waals surface area contributed by atoms with E-state index in [2.05, 4.69) is 0 Å². The van der Waals surface area contributed by atoms with Crippen molar-refractivity contribution >= 4 is 33.2 Å². The molecule has 0 bridgehead atoms. The summed E-state index contributed by atoms with van der Waals surface area (Å²) in [5.74, 6) is -0.361. The van der Waals surface area contributed by atoms with Crippen LogP contribution in [0.2, 0.25) is 10.0 Å². The maximum Gasteiger partial charge on any atom is 0.238 e. The zero-order valence-corrected chi connectivity index (χ0v) is 12.8. The lowest BCUT2D eigenvalue weighted by Gasteiger charge is -2.10. The molecule has 0 saturated heterocycles. The molecule has 0 aliphatic carbocycles. The summed E-state index contributed by atoms with van der Waals surface area (Å²) in [6.45, 7) is -0.0964. The first-order valence-corrected chi connectivity index (χ1v) is 7.97. The van der Waals surface area contributed by atoms with Crippen molar-refractivity contribution in [3.8, 4) is 5.75 Å². The minimum absolute atomic E-state index is 0.00762. The first kappa shape index (κ1) is 16.0. The molecule has 0 radical (unpaired) electrons. The van der Waals surface area contributed by atoms with E-state index in [4.69, 9.17) is 33.1 Å². The number of rotatable bonds is 4. The quantitative estimate of drug-likeness (QED) is 0.919. The monoisotopic (exact) mass is 349 g/mol. The third-order valence-electron chi connectivity index (χ3n) is 2.65. The second kappa shape index (κ2) is 6.19. The number of hydrogen-bond acceptors (Lipinski definition) is 3. The lowest BCUT2D eigenvalue weighted by molar-refractivity contribution is 0.300. The number of sulfonamides is 1. The van der Waals surface area contributed by atoms with Gasteiger partial charge in [0, 0.05) is 5.56 Å². The maximum atomic E-state index is 13.7. The molecule has 2 aromatic rings. The van der Waals surface area contributed by atoms with Crippen molar-refractivity contribution in [2.24, 2.45) is 5.14 Å². The van der Waals surface area contributed by atoms with Gasteiger partial charge in [0.15, 0.2) is 0 Å². The predicted molar refractivity (Wildman–Crippen MR) is 78.6 cm³/mol. The predicted octanol–water partition coefficient (Wildman–Crippen LogP) is 3.36. The summed E-state index contributed by atoms with van der Waals surface area (Å²) in [5.41, 5.74) is 0.258. The number of hydrogen-bond donors (Lipinski definition) is 1. The molecule has 112 valence electrons. The number of primary sulfonamides is 1. The molecule has 21 heavy (non-hydrogen) atoms. The Balaban J connectivity index is 2.19. The smallest absolute Gasteiger partial charge is 0.238 e. The lowest BCUT2D eigenvalue weighted by atomic mass is 10.2. The molecule has 0 aliphatic heterocycles. The van der Waals surface area contributed by atoms with Crippen molar-refractivity contribution in [1.29, 1.82) is 0 Å². The summed E-state index contributed by atoms with van der Waals surface area (Å²) in [6.07, 6.45) is 0. The van der Waals surface area contributed by atoms with Gasteiger partial charge in [-0.3, -0.25) is 0 Å². The highest BCUT2D eigenvalue weighted by atomic mass is 35.5. The van der Waals surface area contributed by atoms with Gasteiger partial charge in [-0.1, -0.05) is 35.3 Å². The Bertz CT molecular complexity index is 781. The van der Waals surface area contributed by atoms with Crippen LogP contribution in [0.3, 0.4) is 0 Å². The van der Waals surface area contributed by atoms with Gasteiger partial charge in [0.1, 0.15) is 18.2 Å². The molecular formula is C13H10Cl2FNO3S. The molecule has 0 saturated carbocycles. The molecule has 2 rings (SSSR count). The number of ether oxygens (including phenoxy) is 1. The van der Waals surface area contributed by atoms with Gasteiger partial charge >= 0.3 is 0 Å². The standard InChI is InChI=1S/C13H10Cl2FNO3S/c14-10-3-1-2-8(13(10)16)7-20-12-5-4-9(6-11(12)15)21(17,18)19/h1-6H,7H2,(H2,17,18,19). The highest BCUT2D eigenvalue weighted by Crippen LogP contribution is 2.28. The van der Waals surface area contributed by atoms with Crippen LogP contribution in [0.4, 0.5) is 4.39 Å². The molecule has 0 fully saturated rings. The number of benzene rings is 2. The van der Waals surface area contributed by atoms with E-state index < -0.39 is 15.8 Å². The van der Waals surface area contributed by atoms with Crippen LogP contribution in [0.1, 0.15) is 5.56 Å². The van der Waals surface area contributed by atoms with Gasteiger partial charge < -0.3 is 4.74 Å². The summed E-state index contributed by atoms with van der Waals surface area (Å²) in [5, 5.41) is 5.04. The number of nitrogens with two attached hydrogens (primary N) is 1. The van der Waals surface area contributed by atoms with Gasteiger partial charge in [0.25, 0.3) is 0 Å². The molecule has 2 aromatic carbocycles. The lowest BCUT2D eigenvalue weighted by Crippen LogP contribution is -2.12. The molecular weight excluding hydrogens is 340 g/mol. The van der Waals surface area contributed by atoms with Gasteiger partial charge in [0.2, 0.25) is 10.0 Å². The zero-order chi connectivity index (χ0) is 15.6. The first-order chi connectivity index (χ1) is 9.79. The van der Waals surface area contributed by atoms with Crippen molar-refractivity contribution in [2.75, 3.05) is 0 Å². The molecule has 0 amide bonds. The van der Waals surface area contributed by atoms with Gasteiger partial charge in [0.05, 0.1) is 14.9 Å². The Hall–Kier alpha value is -1.34. The van der Waals surface area contributed by atoms with Crippen LogP contribution in [-0.2, 0) is 16.6 Å². The topological polar surface area (TPSA) is 69.4 Å². The first-order valence-electron chi connectivity index (χ1n) is 5.67. The van der Waals surface area contributed by atoms with E-state index in [9.17, 15) is 12.8 Å². The fourth-order valence-corrected chi connectivity index (χ4v) is 2.62. The van der Waals surface area contributed by atoms with Crippen molar-refractivity contribution in [1.82, 2.24) is 0 Å². The van der Waals surface area contributed by atoms with E-state index in [0.29, 0.717) is 0 Å². The molecule has 0 aromatic heterocycles. The summed E-state index contributed by atoms with van der Waals surface area (Å²) < 4.78 is 41.4. The van der Waals surface area contributed by atoms with Crippen molar-refractivity contribution in [2.45, 2.75) is 11.5 Å². The molecule has 0 spiro atoms. The third kappa shape index (κ3) is 3.85. The van der Waals surface area contributed by atoms with Crippen molar-refractivity contribution in [3.05, 3.63) is 57.8 Å². The summed E-state index contributed by atoms with van der Waals surface area (Å²) >= 11 is 11.6. The maximum absolute atomic E-state index is 13.7. The van der Waals surface area contributed by atoms with E-state index in [0.717, 1.165) is 0 Å². The Labute approximate surface area is 131 Å². The minimum atomic E-state index is -3.84. The molecule has 0 atom stereocenters. The Kier molecular flexibility index (Phi) is 4.73. The largest absolute Gasteiger partial charge is 0.487 e. The molecule has 0 unspecified atom stereocenters. The van der Waals surface area contributed by atoms with Crippen molar-refractivity contribution in [3.63, 3.8) is 0 Å². The van der Waals surface area contributed by atoms with E-state index in [1.54, 1.807) is 6.07 Å². The van der Waals surface area contributed by atoms with Gasteiger partial charge in [-0.25, -0.2) is 17.9 Å². The SMILES string of the molecule is NS(=O)(=O)c1ccc(OCc2cccc(Cl)c2F)c(Cl)c1. The Morgan fingerprint density at radius 2 is 1.86 bits per heavy atom. The van der Waals surface area contributed by atoms with Crippen LogP contribution in [0.5, 0.6) is 5.75 Å². The average molecular weight is 350 g/mol. The van der Waals surface area contributed by atoms with E-state index in [1.165, 1.54) is 30.3 Å². The van der Waals surface area contributed by atoms with Crippen LogP contribution in [-0.4, -0.2) is 8.42 Å². The number of halogens is 3. The van der Waals surface area contributed by atoms with Crippen LogP contribution in [0.25, 0.3) is 0 Å². The molecule has 2 N–H and O–H groups in total. The summed E-state index contributed by atoms with van der Waals surface area (Å²) in [7, 11) is -3.84. The van der Waals surface area contributed by atoms with Gasteiger partial charge in [-0.2, -0.15) is 0 Å². The highest BCUT2D eigenvalue weighted by Gasteiger charge is 2.12. The molecule has 8 heteroatoms. The van der Waals surface area contributed by atoms with E-state index in [1.807, 2.05) is 0 Å². The second-order valence-electron chi connectivity index (χ2n) is 4.14. The molecule has 0 heterocycles. The van der Waals surface area contributed by atoms with Crippen LogP contribution in [0, 0.1) is 5.82 Å². The van der Waals surface area contributed by atoms with Crippen LogP contribution in [0.15, 0.2) is 41.3 Å². The fraction of sp³-hybridized carbons (Fsp3) is 0.0769. The summed E-state index contributed by atoms with van der Waals surface area (Å²) in [4.78, 5) is -0.131. The normalized spacial score (nSPS) is 11.4. The third-order valence-corrected chi connectivity index (χ3v) is 4.14. The average Bonchev–Trinajstić information content (AvgIpc) is 2.40. The Morgan fingerprint density at radius 3 is 2.48 bits per heavy atom. The zero-order valence-electron chi connectivity index (χ0n) is 10.5. The van der Waals surface area contributed by atoms with Crippen LogP contribution >= 0.6 is 23.2 Å². The van der Waals surface area contributed by atoms with Gasteiger partial charge in [-0.05, 0) is 24.3 Å². The highest BCUT2D eigenvalue weighted by molar-refractivity contribution is 7.89. The van der Waals surface area contributed by atoms with E-state index in [-0.39, 0.29) is 32.9 Å². The fourth-order valence-electron chi connectivity index (χ4n) is 1.59. The second-order valence-corrected chi connectivity index (χ2v) is 6.51. The molecule has 0 aliphatic rings. The molecule has 4 nitrogen and oxygen atoms in total. The summed E-state index contributed by atoms with van der Waals surface area (Å²) in [6, 6.07) is 8.31. The van der Waals surface area contributed by atoms with E-state index >= 15 is 0 Å². The van der Waals surface area contributed by atoms with Crippen molar-refractivity contribution < 1.29 is 17.5 Å². The van der Waals surface area contributed by atoms with Gasteiger partial charge in [-0.15, -0.1) is 0 Å².